The largest absolute Gasteiger partial charge is 0.485 e. The maximum atomic E-state index is 11.5. The Hall–Kier alpha value is -4.79. The molecule has 52 heavy (non-hydrogen) atoms. The third-order valence-corrected chi connectivity index (χ3v) is 9.61. The Labute approximate surface area is 306 Å². The number of aliphatic hydroxyl groups excluding tert-OH is 1. The van der Waals surface area contributed by atoms with Crippen LogP contribution in [0.5, 0.6) is 11.5 Å². The van der Waals surface area contributed by atoms with E-state index in [-0.39, 0.29) is 6.61 Å². The van der Waals surface area contributed by atoms with E-state index in [4.69, 9.17) is 14.2 Å². The van der Waals surface area contributed by atoms with Crippen LogP contribution in [0.15, 0.2) is 108 Å². The fourth-order valence-corrected chi connectivity index (χ4v) is 6.67. The average Bonchev–Trinajstić information content (AvgIpc) is 3.20. The van der Waals surface area contributed by atoms with Crippen molar-refractivity contribution in [2.24, 2.45) is 4.99 Å². The second kappa shape index (κ2) is 20.3. The highest BCUT2D eigenvalue weighted by Gasteiger charge is 2.39. The van der Waals surface area contributed by atoms with E-state index in [0.29, 0.717) is 30.3 Å². The molecule has 9 nitrogen and oxygen atoms in total. The zero-order valence-electron chi connectivity index (χ0n) is 29.8. The van der Waals surface area contributed by atoms with Crippen molar-refractivity contribution in [3.05, 3.63) is 120 Å². The molecule has 0 spiro atoms. The highest BCUT2D eigenvalue weighted by molar-refractivity contribution is 5.78. The summed E-state index contributed by atoms with van der Waals surface area (Å²) >= 11 is 0. The maximum absolute atomic E-state index is 11.5. The van der Waals surface area contributed by atoms with E-state index in [1.165, 1.54) is 64.2 Å². The molecule has 4 aromatic carbocycles. The van der Waals surface area contributed by atoms with Crippen molar-refractivity contribution in [3.8, 4) is 22.6 Å². The van der Waals surface area contributed by atoms with Gasteiger partial charge in [0.05, 0.1) is 6.61 Å². The van der Waals surface area contributed by atoms with Crippen LogP contribution in [0.2, 0.25) is 0 Å². The van der Waals surface area contributed by atoms with Crippen LogP contribution in [0.1, 0.15) is 80.9 Å². The van der Waals surface area contributed by atoms with E-state index in [9.17, 15) is 19.8 Å². The van der Waals surface area contributed by atoms with Crippen LogP contribution in [-0.2, 0) is 34.1 Å². The van der Waals surface area contributed by atoms with Gasteiger partial charge in [0.15, 0.2) is 11.5 Å². The van der Waals surface area contributed by atoms with Gasteiger partial charge in [-0.15, -0.1) is 0 Å². The number of rotatable bonds is 15. The fraction of sp³-hybridized carbons (Fsp3) is 0.395. The van der Waals surface area contributed by atoms with Gasteiger partial charge in [0, 0.05) is 12.1 Å². The second-order valence-corrected chi connectivity index (χ2v) is 13.5. The molecular formula is C43H50N2O7. The van der Waals surface area contributed by atoms with Gasteiger partial charge in [-0.3, -0.25) is 0 Å². The van der Waals surface area contributed by atoms with E-state index in [1.807, 2.05) is 91.0 Å². The summed E-state index contributed by atoms with van der Waals surface area (Å²) in [6.07, 6.45) is 15.7. The Morgan fingerprint density at radius 1 is 0.673 bits per heavy atom. The van der Waals surface area contributed by atoms with Crippen LogP contribution >= 0.6 is 0 Å². The van der Waals surface area contributed by atoms with Crippen molar-refractivity contribution in [2.75, 3.05) is 6.61 Å². The van der Waals surface area contributed by atoms with Crippen molar-refractivity contribution >= 4 is 12.0 Å². The summed E-state index contributed by atoms with van der Waals surface area (Å²) in [5.74, 6) is -0.422. The zero-order chi connectivity index (χ0) is 36.4. The lowest BCUT2D eigenvalue weighted by atomic mass is 9.91. The lowest BCUT2D eigenvalue weighted by molar-refractivity contribution is -0.172. The Balaban J connectivity index is 0.000000335. The quantitative estimate of drug-likeness (QED) is 0.0832. The molecule has 274 valence electrons. The summed E-state index contributed by atoms with van der Waals surface area (Å²) in [5, 5.41) is 22.7. The summed E-state index contributed by atoms with van der Waals surface area (Å²) in [5.41, 5.74) is 1.91. The third kappa shape index (κ3) is 11.6. The summed E-state index contributed by atoms with van der Waals surface area (Å²) in [6, 6.07) is 34.3. The first-order chi connectivity index (χ1) is 25.5. The van der Waals surface area contributed by atoms with Gasteiger partial charge < -0.3 is 29.7 Å². The number of nitrogens with zero attached hydrogens (tertiary/aromatic N) is 1. The van der Waals surface area contributed by atoms with Crippen LogP contribution in [-0.4, -0.2) is 46.7 Å². The van der Waals surface area contributed by atoms with Crippen LogP contribution in [0.3, 0.4) is 0 Å². The van der Waals surface area contributed by atoms with Crippen molar-refractivity contribution in [1.29, 1.82) is 0 Å². The van der Waals surface area contributed by atoms with Gasteiger partial charge in [-0.2, -0.15) is 4.99 Å². The zero-order valence-corrected chi connectivity index (χ0v) is 29.8. The van der Waals surface area contributed by atoms with Crippen molar-refractivity contribution in [3.63, 3.8) is 0 Å². The highest BCUT2D eigenvalue weighted by atomic mass is 16.6. The van der Waals surface area contributed by atoms with E-state index in [0.717, 1.165) is 40.4 Å². The summed E-state index contributed by atoms with van der Waals surface area (Å²) in [7, 11) is 0. The Kier molecular flexibility index (Phi) is 15.0. The molecule has 9 heteroatoms. The van der Waals surface area contributed by atoms with E-state index in [1.54, 1.807) is 12.1 Å². The minimum atomic E-state index is -2.41. The number of aliphatic hydroxyl groups is 1. The maximum Gasteiger partial charge on any atom is 0.362 e. The summed E-state index contributed by atoms with van der Waals surface area (Å²) in [4.78, 5) is 25.4. The number of hydrogen-bond donors (Lipinski definition) is 3. The van der Waals surface area contributed by atoms with Crippen LogP contribution < -0.4 is 14.8 Å². The highest BCUT2D eigenvalue weighted by Crippen LogP contribution is 2.34. The summed E-state index contributed by atoms with van der Waals surface area (Å²) < 4.78 is 17.6. The predicted octanol–water partition coefficient (Wildman–Crippen LogP) is 8.38. The summed E-state index contributed by atoms with van der Waals surface area (Å²) in [6.45, 7) is -0.477. The number of nitrogens with one attached hydrogen (secondary N) is 1. The minimum Gasteiger partial charge on any atom is -0.485 e. The van der Waals surface area contributed by atoms with E-state index >= 15 is 0 Å². The van der Waals surface area contributed by atoms with Crippen molar-refractivity contribution in [1.82, 2.24) is 5.32 Å². The first-order valence-corrected chi connectivity index (χ1v) is 18.4. The number of hydrogen-bond acceptors (Lipinski definition) is 8. The molecule has 0 aromatic heterocycles. The normalized spacial score (nSPS) is 16.0. The number of carboxylic acid groups (broad SMARTS) is 1. The SMILES string of the molecule is C1CCC(NC2CCCCC2)CC1.O=C=N[C@](CO)(OCc1cccc(-c2ccc(OCc3ccccc3)c(OCc3ccccc3)c2)c1)C(=O)O. The Morgan fingerprint density at radius 2 is 1.21 bits per heavy atom. The number of carboxylic acids is 1. The minimum absolute atomic E-state index is 0.207. The molecule has 2 aliphatic carbocycles. The number of isocyanates is 1. The monoisotopic (exact) mass is 706 g/mol. The molecule has 2 fully saturated rings. The van der Waals surface area contributed by atoms with Gasteiger partial charge >= 0.3 is 5.97 Å². The molecule has 0 amide bonds. The van der Waals surface area contributed by atoms with Gasteiger partial charge in [0.1, 0.15) is 19.8 Å². The molecular weight excluding hydrogens is 656 g/mol. The first kappa shape index (κ1) is 38.4. The number of aliphatic carboxylic acids is 1. The molecule has 2 aliphatic rings. The van der Waals surface area contributed by atoms with Crippen LogP contribution in [0, 0.1) is 0 Å². The molecule has 0 radical (unpaired) electrons. The molecule has 0 heterocycles. The molecule has 6 rings (SSSR count). The Bertz CT molecular complexity index is 1700. The van der Waals surface area contributed by atoms with Gasteiger partial charge in [-0.25, -0.2) is 9.59 Å². The number of carbonyl (C=O) groups is 1. The molecule has 0 saturated heterocycles. The molecule has 0 bridgehead atoms. The number of ether oxygens (including phenoxy) is 3. The molecule has 0 aliphatic heterocycles. The van der Waals surface area contributed by atoms with Crippen LogP contribution in [0.4, 0.5) is 0 Å². The fourth-order valence-electron chi connectivity index (χ4n) is 6.67. The number of carbonyl (C=O) groups excluding carboxylic acids is 1. The molecule has 3 N–H and O–H groups in total. The van der Waals surface area contributed by atoms with Gasteiger partial charge in [-0.05, 0) is 71.7 Å². The van der Waals surface area contributed by atoms with Gasteiger partial charge in [-0.1, -0.05) is 123 Å². The van der Waals surface area contributed by atoms with Crippen LogP contribution in [0.25, 0.3) is 11.1 Å². The number of benzene rings is 4. The van der Waals surface area contributed by atoms with Crippen molar-refractivity contribution in [2.45, 2.75) is 102 Å². The molecule has 0 unspecified atom stereocenters. The topological polar surface area (TPSA) is 127 Å². The standard InChI is InChI=1S/C31H27NO7.C12H23N/c33-21-31(30(35)36,32-22-34)39-20-25-12-7-13-26(16-25)27-14-15-28(37-18-23-8-3-1-4-9-23)29(17-27)38-19-24-10-5-2-6-11-24;1-3-7-11(8-4-1)13-12-9-5-2-6-10-12/h1-17,33H,18-21H2,(H,35,36);11-13H,1-10H2/t31-;/m1./s1. The lowest BCUT2D eigenvalue weighted by Crippen LogP contribution is -2.43. The third-order valence-electron chi connectivity index (χ3n) is 9.61. The lowest BCUT2D eigenvalue weighted by Gasteiger charge is -2.30. The second-order valence-electron chi connectivity index (χ2n) is 13.5. The van der Waals surface area contributed by atoms with Gasteiger partial charge in [0.2, 0.25) is 6.08 Å². The van der Waals surface area contributed by atoms with Crippen molar-refractivity contribution < 1.29 is 34.0 Å². The first-order valence-electron chi connectivity index (χ1n) is 18.4. The molecule has 1 atom stereocenters. The molecule has 2 saturated carbocycles. The Morgan fingerprint density at radius 3 is 1.75 bits per heavy atom. The van der Waals surface area contributed by atoms with E-state index in [2.05, 4.69) is 10.3 Å². The average molecular weight is 707 g/mol. The number of aliphatic imine (C=N–C) groups is 1. The molecule has 4 aromatic rings. The van der Waals surface area contributed by atoms with Gasteiger partial charge in [0.25, 0.3) is 5.72 Å². The predicted molar refractivity (Wildman–Crippen MR) is 201 cm³/mol. The smallest absolute Gasteiger partial charge is 0.362 e. The van der Waals surface area contributed by atoms with E-state index < -0.39 is 18.3 Å².